The Hall–Kier alpha value is -1.69. The molecule has 0 radical (unpaired) electrons. The Morgan fingerprint density at radius 3 is 1.27 bits per heavy atom. The van der Waals surface area contributed by atoms with E-state index in [9.17, 15) is 35.1 Å². The highest BCUT2D eigenvalue weighted by Crippen LogP contribution is 2.36. The molecule has 0 bridgehead atoms. The van der Waals surface area contributed by atoms with Crippen molar-refractivity contribution in [3.05, 3.63) is 52.1 Å². The van der Waals surface area contributed by atoms with Gasteiger partial charge in [0, 0.05) is 5.30 Å². The van der Waals surface area contributed by atoms with E-state index in [1.807, 2.05) is 0 Å². The third-order valence-corrected chi connectivity index (χ3v) is 3.75. The minimum absolute atomic E-state index is 0.521. The van der Waals surface area contributed by atoms with E-state index >= 15 is 0 Å². The molecular formula is C13H5F8P. The summed E-state index contributed by atoms with van der Waals surface area (Å²) >= 11 is 0. The largest absolute Gasteiger partial charge is 0.206 e. The van der Waals surface area contributed by atoms with Gasteiger partial charge in [-0.1, -0.05) is 0 Å². The average Bonchev–Trinajstić information content (AvgIpc) is 2.50. The first-order valence-corrected chi connectivity index (χ1v) is 6.13. The van der Waals surface area contributed by atoms with Crippen molar-refractivity contribution in [2.45, 2.75) is 6.92 Å². The molecule has 0 nitrogen and oxygen atoms in total. The van der Waals surface area contributed by atoms with E-state index in [2.05, 4.69) is 0 Å². The van der Waals surface area contributed by atoms with Crippen LogP contribution < -0.4 is 5.30 Å². The second-order valence-corrected chi connectivity index (χ2v) is 4.88. The minimum Gasteiger partial charge on any atom is -0.206 e. The molecule has 2 aromatic carbocycles. The molecule has 118 valence electrons. The van der Waals surface area contributed by atoms with Gasteiger partial charge in [-0.2, -0.15) is 0 Å². The van der Waals surface area contributed by atoms with Crippen molar-refractivity contribution in [3.8, 4) is 11.1 Å². The standard InChI is InChI=1S/C13H5F8P/c1-2-5(14)6(15)4(9(18)13(2)22)3-7(16)10(19)12(21)11(20)8(3)17/h22H2,1H3. The van der Waals surface area contributed by atoms with Crippen LogP contribution >= 0.6 is 9.24 Å². The smallest absolute Gasteiger partial charge is 0.200 e. The van der Waals surface area contributed by atoms with Crippen LogP contribution in [0.1, 0.15) is 5.56 Å². The first kappa shape index (κ1) is 16.7. The monoisotopic (exact) mass is 344 g/mol. The van der Waals surface area contributed by atoms with Crippen LogP contribution in [0.15, 0.2) is 0 Å². The van der Waals surface area contributed by atoms with Gasteiger partial charge in [0.25, 0.3) is 0 Å². The molecule has 0 N–H and O–H groups in total. The lowest BCUT2D eigenvalue weighted by molar-refractivity contribution is 0.380. The first-order valence-electron chi connectivity index (χ1n) is 5.55. The Morgan fingerprint density at radius 1 is 0.500 bits per heavy atom. The summed E-state index contributed by atoms with van der Waals surface area (Å²) in [5.74, 6) is -17.5. The van der Waals surface area contributed by atoms with E-state index in [0.29, 0.717) is 0 Å². The second-order valence-electron chi connectivity index (χ2n) is 4.30. The Kier molecular flexibility index (Phi) is 4.17. The molecule has 0 saturated carbocycles. The van der Waals surface area contributed by atoms with Crippen molar-refractivity contribution < 1.29 is 35.1 Å². The Balaban J connectivity index is 3.03. The first-order chi connectivity index (χ1) is 10.1. The Bertz CT molecular complexity index is 674. The molecule has 0 amide bonds. The van der Waals surface area contributed by atoms with Crippen LogP contribution in [0.25, 0.3) is 11.1 Å². The zero-order valence-electron chi connectivity index (χ0n) is 10.6. The van der Waals surface area contributed by atoms with Crippen LogP contribution in [0.5, 0.6) is 0 Å². The van der Waals surface area contributed by atoms with Crippen LogP contribution in [0.4, 0.5) is 35.1 Å². The fraction of sp³-hybridized carbons (Fsp3) is 0.0769. The van der Waals surface area contributed by atoms with Gasteiger partial charge in [-0.25, -0.2) is 35.1 Å². The number of benzene rings is 2. The molecule has 2 aromatic rings. The van der Waals surface area contributed by atoms with Crippen molar-refractivity contribution in [2.75, 3.05) is 0 Å². The Morgan fingerprint density at radius 2 is 0.818 bits per heavy atom. The van der Waals surface area contributed by atoms with Gasteiger partial charge in [0.05, 0.1) is 11.1 Å². The lowest BCUT2D eigenvalue weighted by Gasteiger charge is -2.14. The minimum atomic E-state index is -2.49. The quantitative estimate of drug-likeness (QED) is 0.314. The van der Waals surface area contributed by atoms with Crippen LogP contribution in [0, 0.1) is 53.5 Å². The van der Waals surface area contributed by atoms with E-state index in [4.69, 9.17) is 0 Å². The average molecular weight is 344 g/mol. The predicted octanol–water partition coefficient (Wildman–Crippen LogP) is 4.28. The predicted molar refractivity (Wildman–Crippen MR) is 65.6 cm³/mol. The van der Waals surface area contributed by atoms with Crippen LogP contribution in [0.3, 0.4) is 0 Å². The highest BCUT2D eigenvalue weighted by molar-refractivity contribution is 7.27. The van der Waals surface area contributed by atoms with Crippen LogP contribution in [-0.4, -0.2) is 0 Å². The molecule has 9 heteroatoms. The molecule has 1 atom stereocenters. The number of halogens is 8. The van der Waals surface area contributed by atoms with Gasteiger partial charge in [0.2, 0.25) is 5.82 Å². The van der Waals surface area contributed by atoms with Crippen molar-refractivity contribution in [1.82, 2.24) is 0 Å². The van der Waals surface area contributed by atoms with E-state index in [1.54, 1.807) is 9.24 Å². The SMILES string of the molecule is Cc1c(F)c(F)c(-c2c(F)c(F)c(F)c(F)c2F)c(F)c1P. The van der Waals surface area contributed by atoms with E-state index in [1.165, 1.54) is 0 Å². The van der Waals surface area contributed by atoms with E-state index in [-0.39, 0.29) is 0 Å². The zero-order valence-corrected chi connectivity index (χ0v) is 11.8. The van der Waals surface area contributed by atoms with Gasteiger partial charge in [-0.05, 0) is 12.5 Å². The molecule has 2 rings (SSSR count). The van der Waals surface area contributed by atoms with Gasteiger partial charge in [0.1, 0.15) is 5.82 Å². The van der Waals surface area contributed by atoms with Gasteiger partial charge in [-0.15, -0.1) is 9.24 Å². The third kappa shape index (κ3) is 2.17. The topological polar surface area (TPSA) is 0 Å². The molecule has 0 aliphatic carbocycles. The van der Waals surface area contributed by atoms with Gasteiger partial charge >= 0.3 is 0 Å². The number of rotatable bonds is 1. The maximum Gasteiger partial charge on any atom is 0.200 e. The lowest BCUT2D eigenvalue weighted by Crippen LogP contribution is -2.14. The summed E-state index contributed by atoms with van der Waals surface area (Å²) < 4.78 is 108. The van der Waals surface area contributed by atoms with E-state index < -0.39 is 68.5 Å². The number of hydrogen-bond acceptors (Lipinski definition) is 0. The fourth-order valence-electron chi connectivity index (χ4n) is 1.83. The summed E-state index contributed by atoms with van der Waals surface area (Å²) in [5.41, 5.74) is -4.05. The summed E-state index contributed by atoms with van der Waals surface area (Å²) in [6.45, 7) is 0.978. The summed E-state index contributed by atoms with van der Waals surface area (Å²) in [5, 5.41) is -0.599. The molecule has 22 heavy (non-hydrogen) atoms. The molecule has 0 aliphatic rings. The maximum absolute atomic E-state index is 14.0. The lowest BCUT2D eigenvalue weighted by atomic mass is 10.00. The number of hydrogen-bond donors (Lipinski definition) is 0. The van der Waals surface area contributed by atoms with Gasteiger partial charge < -0.3 is 0 Å². The van der Waals surface area contributed by atoms with Crippen molar-refractivity contribution in [1.29, 1.82) is 0 Å². The Labute approximate surface area is 121 Å². The van der Waals surface area contributed by atoms with Gasteiger partial charge in [-0.3, -0.25) is 0 Å². The van der Waals surface area contributed by atoms with Gasteiger partial charge in [0.15, 0.2) is 34.9 Å². The summed E-state index contributed by atoms with van der Waals surface area (Å²) in [4.78, 5) is 0. The molecule has 0 fully saturated rings. The molecule has 0 saturated heterocycles. The van der Waals surface area contributed by atoms with Crippen LogP contribution in [0.2, 0.25) is 0 Å². The fourth-order valence-corrected chi connectivity index (χ4v) is 2.10. The normalized spacial score (nSPS) is 11.2. The highest BCUT2D eigenvalue weighted by atomic mass is 31.0. The van der Waals surface area contributed by atoms with Crippen molar-refractivity contribution in [3.63, 3.8) is 0 Å². The molecule has 0 aromatic heterocycles. The molecule has 0 heterocycles. The second kappa shape index (κ2) is 5.50. The van der Waals surface area contributed by atoms with Crippen molar-refractivity contribution >= 4 is 14.5 Å². The summed E-state index contributed by atoms with van der Waals surface area (Å²) in [7, 11) is 1.66. The molecule has 1 unspecified atom stereocenters. The molecule has 0 spiro atoms. The maximum atomic E-state index is 14.0. The summed E-state index contributed by atoms with van der Waals surface area (Å²) in [6.07, 6.45) is 0. The van der Waals surface area contributed by atoms with Crippen molar-refractivity contribution in [2.24, 2.45) is 0 Å². The molecular weight excluding hydrogens is 339 g/mol. The zero-order chi connectivity index (χ0) is 16.9. The van der Waals surface area contributed by atoms with E-state index in [0.717, 1.165) is 6.92 Å². The highest BCUT2D eigenvalue weighted by Gasteiger charge is 2.32. The summed E-state index contributed by atoms with van der Waals surface area (Å²) in [6, 6.07) is 0. The third-order valence-electron chi connectivity index (χ3n) is 3.06. The van der Waals surface area contributed by atoms with Crippen LogP contribution in [-0.2, 0) is 0 Å². The molecule has 0 aliphatic heterocycles.